The van der Waals surface area contributed by atoms with Crippen molar-refractivity contribution in [1.29, 1.82) is 0 Å². The second-order valence-corrected chi connectivity index (χ2v) is 1.51. The van der Waals surface area contributed by atoms with Crippen molar-refractivity contribution in [3.05, 3.63) is 12.3 Å². The summed E-state index contributed by atoms with van der Waals surface area (Å²) >= 11 is 0. The van der Waals surface area contributed by atoms with E-state index in [1.165, 1.54) is 6.26 Å². The first-order valence-electron chi connectivity index (χ1n) is 2.44. The van der Waals surface area contributed by atoms with E-state index < -0.39 is 0 Å². The molecular weight excluding hydrogens is 104 g/mol. The number of allylic oxidation sites excluding steroid dienone is 1. The molecule has 0 saturated heterocycles. The van der Waals surface area contributed by atoms with Crippen LogP contribution >= 0.6 is 0 Å². The van der Waals surface area contributed by atoms with E-state index in [4.69, 9.17) is 0 Å². The minimum atomic E-state index is 0.151. The number of Topliss-reactive ketones (excluding diaryl/α,β-unsaturated/α-hetero) is 1. The van der Waals surface area contributed by atoms with Crippen LogP contribution in [0.1, 0.15) is 13.3 Å². The summed E-state index contributed by atoms with van der Waals surface area (Å²) in [6.45, 7) is 1.54. The van der Waals surface area contributed by atoms with Crippen LogP contribution in [-0.4, -0.2) is 12.9 Å². The molecule has 0 aromatic rings. The van der Waals surface area contributed by atoms with Crippen LogP contribution in [0, 0.1) is 0 Å². The summed E-state index contributed by atoms with van der Waals surface area (Å²) in [6, 6.07) is 0. The van der Waals surface area contributed by atoms with Crippen molar-refractivity contribution in [2.24, 2.45) is 0 Å². The van der Waals surface area contributed by atoms with Gasteiger partial charge < -0.3 is 4.74 Å². The number of rotatable bonds is 3. The third kappa shape index (κ3) is 5.21. The molecule has 2 nitrogen and oxygen atoms in total. The Hall–Kier alpha value is -0.790. The van der Waals surface area contributed by atoms with Crippen LogP contribution in [0.2, 0.25) is 0 Å². The van der Waals surface area contributed by atoms with Gasteiger partial charge in [-0.25, -0.2) is 0 Å². The maximum Gasteiger partial charge on any atom is 0.133 e. The van der Waals surface area contributed by atoms with E-state index >= 15 is 0 Å². The zero-order valence-electron chi connectivity index (χ0n) is 5.18. The highest BCUT2D eigenvalue weighted by atomic mass is 16.5. The molecule has 0 bridgehead atoms. The van der Waals surface area contributed by atoms with E-state index in [9.17, 15) is 4.79 Å². The van der Waals surface area contributed by atoms with Crippen molar-refractivity contribution in [3.63, 3.8) is 0 Å². The lowest BCUT2D eigenvalue weighted by molar-refractivity contribution is -0.116. The molecule has 0 rings (SSSR count). The highest BCUT2D eigenvalue weighted by Gasteiger charge is 1.83. The van der Waals surface area contributed by atoms with Gasteiger partial charge in [-0.1, -0.05) is 0 Å². The second-order valence-electron chi connectivity index (χ2n) is 1.51. The molecule has 0 atom stereocenters. The highest BCUT2D eigenvalue weighted by Crippen LogP contribution is 1.83. The zero-order chi connectivity index (χ0) is 6.41. The van der Waals surface area contributed by atoms with Crippen LogP contribution in [0.5, 0.6) is 0 Å². The molecule has 0 N–H and O–H groups in total. The quantitative estimate of drug-likeness (QED) is 0.514. The van der Waals surface area contributed by atoms with Gasteiger partial charge in [-0.05, 0) is 13.0 Å². The Morgan fingerprint density at radius 2 is 2.38 bits per heavy atom. The van der Waals surface area contributed by atoms with Gasteiger partial charge in [-0.3, -0.25) is 4.79 Å². The molecule has 0 aromatic carbocycles. The van der Waals surface area contributed by atoms with Crippen molar-refractivity contribution < 1.29 is 9.53 Å². The lowest BCUT2D eigenvalue weighted by atomic mass is 10.3. The molecule has 0 heterocycles. The van der Waals surface area contributed by atoms with Gasteiger partial charge in [0, 0.05) is 6.42 Å². The van der Waals surface area contributed by atoms with Crippen LogP contribution in [0.3, 0.4) is 0 Å². The maximum absolute atomic E-state index is 10.2. The molecule has 0 spiro atoms. The minimum absolute atomic E-state index is 0.151. The van der Waals surface area contributed by atoms with Gasteiger partial charge >= 0.3 is 0 Å². The summed E-state index contributed by atoms with van der Waals surface area (Å²) in [6.07, 6.45) is 3.65. The third-order valence-electron chi connectivity index (χ3n) is 0.638. The third-order valence-corrected chi connectivity index (χ3v) is 0.638. The molecule has 0 fully saturated rings. The van der Waals surface area contributed by atoms with Crippen LogP contribution in [0.15, 0.2) is 12.3 Å². The Morgan fingerprint density at radius 3 is 2.75 bits per heavy atom. The van der Waals surface area contributed by atoms with Gasteiger partial charge in [0.15, 0.2) is 0 Å². The fourth-order valence-electron chi connectivity index (χ4n) is 0.310. The Bertz CT molecular complexity index is 94.7. The van der Waals surface area contributed by atoms with Crippen LogP contribution in [-0.2, 0) is 9.53 Å². The van der Waals surface area contributed by atoms with Gasteiger partial charge in [0.05, 0.1) is 13.4 Å². The smallest absolute Gasteiger partial charge is 0.133 e. The van der Waals surface area contributed by atoms with Crippen LogP contribution in [0.4, 0.5) is 0 Å². The number of methoxy groups -OCH3 is 1. The molecule has 0 unspecified atom stereocenters. The number of carbonyl (C=O) groups excluding carboxylic acids is 1. The van der Waals surface area contributed by atoms with Crippen molar-refractivity contribution in [2.75, 3.05) is 7.11 Å². The predicted molar refractivity (Wildman–Crippen MR) is 31.4 cm³/mol. The standard InChI is InChI=1S/C6H10O2/c1-6(7)4-3-5-8-2/h3,5H,4H2,1-2H3. The molecule has 8 heavy (non-hydrogen) atoms. The Labute approximate surface area is 49.1 Å². The average Bonchev–Trinajstić information content (AvgIpc) is 1.66. The fourth-order valence-corrected chi connectivity index (χ4v) is 0.310. The maximum atomic E-state index is 10.2. The van der Waals surface area contributed by atoms with E-state index in [0.717, 1.165) is 0 Å². The Morgan fingerprint density at radius 1 is 1.75 bits per heavy atom. The SMILES string of the molecule is COC=CCC(C)=O. The molecule has 0 amide bonds. The fraction of sp³-hybridized carbons (Fsp3) is 0.500. The predicted octanol–water partition coefficient (Wildman–Crippen LogP) is 1.13. The molecule has 0 radical (unpaired) electrons. The number of hydrogen-bond donors (Lipinski definition) is 0. The van der Waals surface area contributed by atoms with Gasteiger partial charge in [-0.2, -0.15) is 0 Å². The summed E-state index contributed by atoms with van der Waals surface area (Å²) in [5.41, 5.74) is 0. The minimum Gasteiger partial charge on any atom is -0.505 e. The van der Waals surface area contributed by atoms with Crippen molar-refractivity contribution in [2.45, 2.75) is 13.3 Å². The lowest BCUT2D eigenvalue weighted by Gasteiger charge is -1.83. The van der Waals surface area contributed by atoms with Gasteiger partial charge in [-0.15, -0.1) is 0 Å². The number of ether oxygens (including phenoxy) is 1. The van der Waals surface area contributed by atoms with Gasteiger partial charge in [0.25, 0.3) is 0 Å². The van der Waals surface area contributed by atoms with E-state index in [1.807, 2.05) is 0 Å². The second kappa shape index (κ2) is 4.37. The zero-order valence-corrected chi connectivity index (χ0v) is 5.18. The van der Waals surface area contributed by atoms with E-state index in [0.29, 0.717) is 6.42 Å². The van der Waals surface area contributed by atoms with E-state index in [-0.39, 0.29) is 5.78 Å². The first-order chi connectivity index (χ1) is 3.77. The lowest BCUT2D eigenvalue weighted by Crippen LogP contribution is -1.83. The summed E-state index contributed by atoms with van der Waals surface area (Å²) in [5, 5.41) is 0. The topological polar surface area (TPSA) is 26.3 Å². The first kappa shape index (κ1) is 7.21. The van der Waals surface area contributed by atoms with Gasteiger partial charge in [0.1, 0.15) is 5.78 Å². The molecule has 0 aliphatic heterocycles. The molecular formula is C6H10O2. The number of hydrogen-bond acceptors (Lipinski definition) is 2. The monoisotopic (exact) mass is 114 g/mol. The van der Waals surface area contributed by atoms with Crippen molar-refractivity contribution >= 4 is 5.78 Å². The summed E-state index contributed by atoms with van der Waals surface area (Å²) in [5.74, 6) is 0.151. The summed E-state index contributed by atoms with van der Waals surface area (Å²) in [4.78, 5) is 10.2. The molecule has 0 aromatic heterocycles. The van der Waals surface area contributed by atoms with Gasteiger partial charge in [0.2, 0.25) is 0 Å². The van der Waals surface area contributed by atoms with Crippen molar-refractivity contribution in [3.8, 4) is 0 Å². The average molecular weight is 114 g/mol. The van der Waals surface area contributed by atoms with Crippen LogP contribution in [0.25, 0.3) is 0 Å². The van der Waals surface area contributed by atoms with Crippen LogP contribution < -0.4 is 0 Å². The number of carbonyl (C=O) groups is 1. The largest absolute Gasteiger partial charge is 0.505 e. The summed E-state index contributed by atoms with van der Waals surface area (Å²) < 4.78 is 4.56. The molecule has 2 heteroatoms. The molecule has 0 saturated carbocycles. The normalized spacial score (nSPS) is 9.75. The summed E-state index contributed by atoms with van der Waals surface area (Å²) in [7, 11) is 1.55. The van der Waals surface area contributed by atoms with E-state index in [1.54, 1.807) is 20.1 Å². The Kier molecular flexibility index (Phi) is 3.94. The first-order valence-corrected chi connectivity index (χ1v) is 2.44. The number of ketones is 1. The molecule has 0 aliphatic carbocycles. The van der Waals surface area contributed by atoms with E-state index in [2.05, 4.69) is 4.74 Å². The van der Waals surface area contributed by atoms with Crippen molar-refractivity contribution in [1.82, 2.24) is 0 Å². The molecule has 0 aliphatic rings. The highest BCUT2D eigenvalue weighted by molar-refractivity contribution is 5.76. The Balaban J connectivity index is 3.16. The molecule has 46 valence electrons.